The number of aromatic nitrogens is 1. The van der Waals surface area contributed by atoms with Crippen molar-refractivity contribution in [1.29, 1.82) is 0 Å². The first-order valence-corrected chi connectivity index (χ1v) is 4.92. The van der Waals surface area contributed by atoms with Gasteiger partial charge in [0, 0.05) is 12.4 Å². The van der Waals surface area contributed by atoms with Crippen LogP contribution in [0.3, 0.4) is 0 Å². The molecule has 1 heterocycles. The number of hydrogen-bond donors (Lipinski definition) is 1. The number of nitrogens with one attached hydrogen (secondary N) is 1. The number of rotatable bonds is 3. The van der Waals surface area contributed by atoms with E-state index < -0.39 is 17.9 Å². The van der Waals surface area contributed by atoms with Crippen molar-refractivity contribution in [3.63, 3.8) is 0 Å². The number of pyridine rings is 1. The zero-order valence-corrected chi connectivity index (χ0v) is 9.62. The van der Waals surface area contributed by atoms with E-state index in [4.69, 9.17) is 11.6 Å². The lowest BCUT2D eigenvalue weighted by atomic mass is 10.2. The van der Waals surface area contributed by atoms with Gasteiger partial charge in [-0.3, -0.25) is 9.78 Å². The molecule has 0 aliphatic carbocycles. The van der Waals surface area contributed by atoms with Crippen molar-refractivity contribution in [3.8, 4) is 0 Å². The maximum atomic E-state index is 11.7. The summed E-state index contributed by atoms with van der Waals surface area (Å²) in [6, 6.07) is 0.771. The molecule has 0 saturated carbocycles. The molecule has 16 heavy (non-hydrogen) atoms. The molecule has 1 rings (SSSR count). The Balaban J connectivity index is 2.73. The highest BCUT2D eigenvalue weighted by Crippen LogP contribution is 2.13. The summed E-state index contributed by atoms with van der Waals surface area (Å²) in [6.07, 6.45) is 2.81. The summed E-state index contributed by atoms with van der Waals surface area (Å²) < 4.78 is 4.48. The molecule has 0 spiro atoms. The minimum Gasteiger partial charge on any atom is -0.467 e. The Bertz CT molecular complexity index is 409. The van der Waals surface area contributed by atoms with Crippen molar-refractivity contribution < 1.29 is 14.3 Å². The fraction of sp³-hybridized carbons (Fsp3) is 0.300. The van der Waals surface area contributed by atoms with Crippen molar-refractivity contribution in [1.82, 2.24) is 10.3 Å². The minimum atomic E-state index is -0.728. The van der Waals surface area contributed by atoms with Crippen LogP contribution in [0, 0.1) is 0 Å². The molecule has 1 amide bonds. The number of carbonyl (C=O) groups is 2. The predicted molar refractivity (Wildman–Crippen MR) is 58.2 cm³/mol. The molecule has 86 valence electrons. The second-order valence-corrected chi connectivity index (χ2v) is 3.48. The Morgan fingerprint density at radius 1 is 1.56 bits per heavy atom. The summed E-state index contributed by atoms with van der Waals surface area (Å²) in [6.45, 7) is 1.52. The lowest BCUT2D eigenvalue weighted by molar-refractivity contribution is -0.142. The summed E-state index contributed by atoms with van der Waals surface area (Å²) in [5.41, 5.74) is 0.222. The van der Waals surface area contributed by atoms with E-state index in [1.807, 2.05) is 0 Å². The van der Waals surface area contributed by atoms with Gasteiger partial charge in [-0.15, -0.1) is 0 Å². The summed E-state index contributed by atoms with van der Waals surface area (Å²) in [5, 5.41) is 2.73. The second kappa shape index (κ2) is 5.46. The molecule has 0 unspecified atom stereocenters. The van der Waals surface area contributed by atoms with Gasteiger partial charge in [-0.1, -0.05) is 11.6 Å². The van der Waals surface area contributed by atoms with Gasteiger partial charge >= 0.3 is 5.97 Å². The number of methoxy groups -OCH3 is 1. The van der Waals surface area contributed by atoms with E-state index in [9.17, 15) is 9.59 Å². The van der Waals surface area contributed by atoms with E-state index in [0.29, 0.717) is 0 Å². The van der Waals surface area contributed by atoms with Gasteiger partial charge in [-0.2, -0.15) is 0 Å². The smallest absolute Gasteiger partial charge is 0.328 e. The molecular formula is C10H11ClN2O3. The van der Waals surface area contributed by atoms with Crippen molar-refractivity contribution in [2.45, 2.75) is 13.0 Å². The van der Waals surface area contributed by atoms with Gasteiger partial charge in [0.25, 0.3) is 5.91 Å². The maximum absolute atomic E-state index is 11.7. The molecular weight excluding hydrogens is 232 g/mol. The predicted octanol–water partition coefficient (Wildman–Crippen LogP) is 1.03. The van der Waals surface area contributed by atoms with Crippen LogP contribution in [-0.4, -0.2) is 30.0 Å². The number of nitrogens with zero attached hydrogens (tertiary/aromatic N) is 1. The first-order valence-electron chi connectivity index (χ1n) is 4.54. The molecule has 0 aliphatic rings. The van der Waals surface area contributed by atoms with Gasteiger partial charge in [0.05, 0.1) is 17.7 Å². The molecule has 1 aromatic heterocycles. The van der Waals surface area contributed by atoms with Crippen LogP contribution >= 0.6 is 11.6 Å². The van der Waals surface area contributed by atoms with Crippen molar-refractivity contribution in [2.24, 2.45) is 0 Å². The fourth-order valence-corrected chi connectivity index (χ4v) is 1.25. The van der Waals surface area contributed by atoms with Gasteiger partial charge in [0.2, 0.25) is 0 Å². The second-order valence-electron chi connectivity index (χ2n) is 3.07. The minimum absolute atomic E-state index is 0.222. The Kier molecular flexibility index (Phi) is 4.25. The standard InChI is InChI=1S/C10H11ClN2O3/c1-6(10(15)16-2)13-9(14)7-5-12-4-3-8(7)11/h3-6H,1-2H3,(H,13,14)/t6-/m0/s1. The van der Waals surface area contributed by atoms with Gasteiger partial charge in [0.15, 0.2) is 0 Å². The number of carbonyl (C=O) groups excluding carboxylic acids is 2. The van der Waals surface area contributed by atoms with Crippen LogP contribution in [-0.2, 0) is 9.53 Å². The summed E-state index contributed by atoms with van der Waals surface area (Å²) in [4.78, 5) is 26.5. The Morgan fingerprint density at radius 2 is 2.25 bits per heavy atom. The molecule has 0 saturated heterocycles. The molecule has 1 N–H and O–H groups in total. The Hall–Kier alpha value is -1.62. The van der Waals surface area contributed by atoms with Crippen LogP contribution in [0.15, 0.2) is 18.5 Å². The summed E-state index contributed by atoms with van der Waals surface area (Å²) in [5.74, 6) is -0.982. The van der Waals surface area contributed by atoms with Crippen LogP contribution in [0.1, 0.15) is 17.3 Å². The lowest BCUT2D eigenvalue weighted by Crippen LogP contribution is -2.39. The zero-order valence-electron chi connectivity index (χ0n) is 8.86. The summed E-state index contributed by atoms with van der Waals surface area (Å²) >= 11 is 5.80. The molecule has 0 aliphatic heterocycles. The number of ether oxygens (including phenoxy) is 1. The van der Waals surface area contributed by atoms with E-state index >= 15 is 0 Å². The molecule has 0 fully saturated rings. The van der Waals surface area contributed by atoms with Crippen molar-refractivity contribution in [2.75, 3.05) is 7.11 Å². The van der Waals surface area contributed by atoms with E-state index in [2.05, 4.69) is 15.0 Å². The van der Waals surface area contributed by atoms with Crippen LogP contribution in [0.25, 0.3) is 0 Å². The van der Waals surface area contributed by atoms with Crippen LogP contribution in [0.2, 0.25) is 5.02 Å². The van der Waals surface area contributed by atoms with Crippen LogP contribution in [0.5, 0.6) is 0 Å². The third-order valence-corrected chi connectivity index (χ3v) is 2.24. The Labute approximate surface area is 97.8 Å². The molecule has 0 aromatic carbocycles. The fourth-order valence-electron chi connectivity index (χ4n) is 1.05. The van der Waals surface area contributed by atoms with Crippen LogP contribution < -0.4 is 5.32 Å². The van der Waals surface area contributed by atoms with E-state index in [1.54, 1.807) is 0 Å². The zero-order chi connectivity index (χ0) is 12.1. The van der Waals surface area contributed by atoms with Gasteiger partial charge in [-0.25, -0.2) is 4.79 Å². The van der Waals surface area contributed by atoms with Gasteiger partial charge < -0.3 is 10.1 Å². The first kappa shape index (κ1) is 12.4. The monoisotopic (exact) mass is 242 g/mol. The molecule has 5 nitrogen and oxygen atoms in total. The lowest BCUT2D eigenvalue weighted by Gasteiger charge is -2.11. The van der Waals surface area contributed by atoms with Crippen LogP contribution in [0.4, 0.5) is 0 Å². The van der Waals surface area contributed by atoms with E-state index in [0.717, 1.165) is 0 Å². The van der Waals surface area contributed by atoms with E-state index in [1.165, 1.54) is 32.5 Å². The molecule has 6 heteroatoms. The quantitative estimate of drug-likeness (QED) is 0.804. The number of halogens is 1. The summed E-state index contributed by atoms with van der Waals surface area (Å²) in [7, 11) is 1.25. The molecule has 0 bridgehead atoms. The average Bonchev–Trinajstić information content (AvgIpc) is 2.28. The number of esters is 1. The third-order valence-electron chi connectivity index (χ3n) is 1.91. The third kappa shape index (κ3) is 2.93. The van der Waals surface area contributed by atoms with E-state index in [-0.39, 0.29) is 10.6 Å². The van der Waals surface area contributed by atoms with Crippen molar-refractivity contribution in [3.05, 3.63) is 29.0 Å². The number of hydrogen-bond acceptors (Lipinski definition) is 4. The largest absolute Gasteiger partial charge is 0.467 e. The molecule has 0 radical (unpaired) electrons. The molecule has 1 atom stereocenters. The highest BCUT2D eigenvalue weighted by Gasteiger charge is 2.18. The van der Waals surface area contributed by atoms with Crippen molar-refractivity contribution >= 4 is 23.5 Å². The average molecular weight is 243 g/mol. The normalized spacial score (nSPS) is 11.7. The highest BCUT2D eigenvalue weighted by atomic mass is 35.5. The van der Waals surface area contributed by atoms with Gasteiger partial charge in [-0.05, 0) is 13.0 Å². The highest BCUT2D eigenvalue weighted by molar-refractivity contribution is 6.33. The topological polar surface area (TPSA) is 68.3 Å². The first-order chi connectivity index (χ1) is 7.56. The van der Waals surface area contributed by atoms with Gasteiger partial charge in [0.1, 0.15) is 6.04 Å². The SMILES string of the molecule is COC(=O)[C@H](C)NC(=O)c1cnccc1Cl. The number of amides is 1. The Morgan fingerprint density at radius 3 is 2.81 bits per heavy atom. The molecule has 1 aromatic rings. The maximum Gasteiger partial charge on any atom is 0.328 e.